The summed E-state index contributed by atoms with van der Waals surface area (Å²) in [6, 6.07) is 10.2. The molecule has 3 atom stereocenters. The molecule has 0 radical (unpaired) electrons. The largest absolute Gasteiger partial charge is 0.311 e. The van der Waals surface area contributed by atoms with Crippen LogP contribution in [-0.4, -0.2) is 12.1 Å². The van der Waals surface area contributed by atoms with Crippen LogP contribution in [0.4, 0.5) is 0 Å². The average Bonchev–Trinajstić information content (AvgIpc) is 2.75. The zero-order valence-corrected chi connectivity index (χ0v) is 14.2. The molecule has 0 spiro atoms. The van der Waals surface area contributed by atoms with Gasteiger partial charge in [-0.3, -0.25) is 0 Å². The molecule has 2 aliphatic rings. The second-order valence-electron chi connectivity index (χ2n) is 6.76. The molecule has 20 heavy (non-hydrogen) atoms. The Morgan fingerprint density at radius 2 is 1.95 bits per heavy atom. The van der Waals surface area contributed by atoms with Crippen LogP contribution in [0, 0.1) is 11.8 Å². The van der Waals surface area contributed by atoms with Gasteiger partial charge in [0.15, 0.2) is 0 Å². The Labute approximate surface area is 131 Å². The Kier molecular flexibility index (Phi) is 4.52. The normalized spacial score (nSPS) is 36.9. The molecule has 1 nitrogen and oxygen atoms in total. The van der Waals surface area contributed by atoms with Crippen LogP contribution in [-0.2, 0) is 0 Å². The van der Waals surface area contributed by atoms with Crippen LogP contribution >= 0.6 is 15.9 Å². The van der Waals surface area contributed by atoms with Crippen LogP contribution in [0.3, 0.4) is 0 Å². The highest BCUT2D eigenvalue weighted by molar-refractivity contribution is 9.10. The summed E-state index contributed by atoms with van der Waals surface area (Å²) >= 11 is 3.69. The van der Waals surface area contributed by atoms with E-state index in [2.05, 4.69) is 59.4 Å². The van der Waals surface area contributed by atoms with E-state index in [0.29, 0.717) is 0 Å². The van der Waals surface area contributed by atoms with E-state index >= 15 is 0 Å². The van der Waals surface area contributed by atoms with Crippen LogP contribution in [0.1, 0.15) is 57.4 Å². The minimum absolute atomic E-state index is 0.746. The lowest BCUT2D eigenvalue weighted by Crippen LogP contribution is -2.46. The highest BCUT2D eigenvalue weighted by atomic mass is 79.9. The minimum atomic E-state index is 0.746. The molecule has 1 aromatic rings. The Bertz CT molecular complexity index is 452. The third kappa shape index (κ3) is 2.82. The number of hydrogen-bond acceptors (Lipinski definition) is 1. The van der Waals surface area contributed by atoms with E-state index in [1.54, 1.807) is 0 Å². The predicted octanol–water partition coefficient (Wildman–Crippen LogP) is 5.11. The summed E-state index contributed by atoms with van der Waals surface area (Å²) in [6.07, 6.45) is 6.78. The molecule has 0 saturated heterocycles. The smallest absolute Gasteiger partial charge is 0.0210 e. The van der Waals surface area contributed by atoms with Crippen molar-refractivity contribution >= 4 is 15.9 Å². The molecule has 2 saturated carbocycles. The standard InChI is InChI=1S/C18H26BrN/c1-3-13-8-9-18(12(13)2)20-15-10-14(11-15)16-6-4-5-7-17(16)19/h4-7,12-15,18,20H,3,8-11H2,1-2H3. The van der Waals surface area contributed by atoms with Crippen LogP contribution in [0.2, 0.25) is 0 Å². The predicted molar refractivity (Wildman–Crippen MR) is 89.0 cm³/mol. The highest BCUT2D eigenvalue weighted by Crippen LogP contribution is 2.42. The molecule has 2 heteroatoms. The molecule has 2 aliphatic carbocycles. The molecule has 0 bridgehead atoms. The van der Waals surface area contributed by atoms with Crippen LogP contribution in [0.15, 0.2) is 28.7 Å². The van der Waals surface area contributed by atoms with Crippen molar-refractivity contribution in [3.63, 3.8) is 0 Å². The van der Waals surface area contributed by atoms with Gasteiger partial charge < -0.3 is 5.32 Å². The zero-order valence-electron chi connectivity index (χ0n) is 12.6. The van der Waals surface area contributed by atoms with Gasteiger partial charge in [0.2, 0.25) is 0 Å². The van der Waals surface area contributed by atoms with Gasteiger partial charge in [-0.25, -0.2) is 0 Å². The van der Waals surface area contributed by atoms with Gasteiger partial charge in [0, 0.05) is 16.6 Å². The van der Waals surface area contributed by atoms with Gasteiger partial charge in [0.05, 0.1) is 0 Å². The fourth-order valence-corrected chi connectivity index (χ4v) is 4.78. The fraction of sp³-hybridized carbons (Fsp3) is 0.667. The van der Waals surface area contributed by atoms with Gasteiger partial charge in [-0.2, -0.15) is 0 Å². The second-order valence-corrected chi connectivity index (χ2v) is 7.62. The zero-order chi connectivity index (χ0) is 14.1. The Morgan fingerprint density at radius 3 is 2.60 bits per heavy atom. The van der Waals surface area contributed by atoms with Crippen molar-refractivity contribution in [3.8, 4) is 0 Å². The summed E-state index contributed by atoms with van der Waals surface area (Å²) in [7, 11) is 0. The van der Waals surface area contributed by atoms with Crippen molar-refractivity contribution in [1.29, 1.82) is 0 Å². The van der Waals surface area contributed by atoms with Crippen molar-refractivity contribution in [2.75, 3.05) is 0 Å². The van der Waals surface area contributed by atoms with Gasteiger partial charge in [0.1, 0.15) is 0 Å². The van der Waals surface area contributed by atoms with Gasteiger partial charge >= 0.3 is 0 Å². The van der Waals surface area contributed by atoms with E-state index in [-0.39, 0.29) is 0 Å². The molecule has 0 heterocycles. The second kappa shape index (κ2) is 6.19. The fourth-order valence-electron chi connectivity index (χ4n) is 4.18. The van der Waals surface area contributed by atoms with Gasteiger partial charge in [-0.05, 0) is 55.1 Å². The minimum Gasteiger partial charge on any atom is -0.311 e. The van der Waals surface area contributed by atoms with Crippen molar-refractivity contribution in [1.82, 2.24) is 5.32 Å². The molecule has 1 aromatic carbocycles. The lowest BCUT2D eigenvalue weighted by Gasteiger charge is -2.39. The first-order valence-corrected chi connectivity index (χ1v) is 8.98. The van der Waals surface area contributed by atoms with Gasteiger partial charge in [0.25, 0.3) is 0 Å². The van der Waals surface area contributed by atoms with Crippen LogP contribution < -0.4 is 5.32 Å². The molecule has 2 fully saturated rings. The van der Waals surface area contributed by atoms with Crippen LogP contribution in [0.5, 0.6) is 0 Å². The van der Waals surface area contributed by atoms with Gasteiger partial charge in [-0.1, -0.05) is 54.4 Å². The number of nitrogens with one attached hydrogen (secondary N) is 1. The molecule has 0 aromatic heterocycles. The maximum absolute atomic E-state index is 3.93. The summed E-state index contributed by atoms with van der Waals surface area (Å²) in [6.45, 7) is 4.79. The molecular formula is C18H26BrN. The molecule has 0 amide bonds. The highest BCUT2D eigenvalue weighted by Gasteiger charge is 2.37. The third-order valence-electron chi connectivity index (χ3n) is 5.68. The van der Waals surface area contributed by atoms with Crippen molar-refractivity contribution in [2.45, 2.75) is 64.0 Å². The molecule has 1 N–H and O–H groups in total. The van der Waals surface area contributed by atoms with E-state index in [9.17, 15) is 0 Å². The summed E-state index contributed by atoms with van der Waals surface area (Å²) < 4.78 is 1.28. The maximum Gasteiger partial charge on any atom is 0.0210 e. The van der Waals surface area contributed by atoms with E-state index in [1.807, 2.05) is 0 Å². The first-order chi connectivity index (χ1) is 9.69. The maximum atomic E-state index is 3.93. The number of benzene rings is 1. The van der Waals surface area contributed by atoms with Crippen molar-refractivity contribution < 1.29 is 0 Å². The van der Waals surface area contributed by atoms with E-state index < -0.39 is 0 Å². The van der Waals surface area contributed by atoms with Crippen LogP contribution in [0.25, 0.3) is 0 Å². The quantitative estimate of drug-likeness (QED) is 0.806. The third-order valence-corrected chi connectivity index (χ3v) is 6.41. The molecule has 0 aliphatic heterocycles. The first kappa shape index (κ1) is 14.6. The Balaban J connectivity index is 1.51. The topological polar surface area (TPSA) is 12.0 Å². The number of rotatable bonds is 4. The lowest BCUT2D eigenvalue weighted by molar-refractivity contribution is 0.235. The van der Waals surface area contributed by atoms with Crippen molar-refractivity contribution in [2.24, 2.45) is 11.8 Å². The van der Waals surface area contributed by atoms with Crippen molar-refractivity contribution in [3.05, 3.63) is 34.3 Å². The summed E-state index contributed by atoms with van der Waals surface area (Å²) in [5, 5.41) is 3.93. The summed E-state index contributed by atoms with van der Waals surface area (Å²) in [5.41, 5.74) is 1.50. The average molecular weight is 336 g/mol. The molecule has 3 unspecified atom stereocenters. The lowest BCUT2D eigenvalue weighted by atomic mass is 9.75. The number of hydrogen-bond donors (Lipinski definition) is 1. The first-order valence-electron chi connectivity index (χ1n) is 8.19. The Hall–Kier alpha value is -0.340. The SMILES string of the molecule is CCC1CCC(NC2CC(c3ccccc3Br)C2)C1C. The van der Waals surface area contributed by atoms with E-state index in [1.165, 1.54) is 42.1 Å². The monoisotopic (exact) mass is 335 g/mol. The molecule has 3 rings (SSSR count). The van der Waals surface area contributed by atoms with E-state index in [0.717, 1.165) is 29.8 Å². The Morgan fingerprint density at radius 1 is 1.20 bits per heavy atom. The van der Waals surface area contributed by atoms with Gasteiger partial charge in [-0.15, -0.1) is 0 Å². The van der Waals surface area contributed by atoms with E-state index in [4.69, 9.17) is 0 Å². The number of halogens is 1. The summed E-state index contributed by atoms with van der Waals surface area (Å²) in [4.78, 5) is 0. The molecule has 110 valence electrons. The summed E-state index contributed by atoms with van der Waals surface area (Å²) in [5.74, 6) is 2.57. The molecular weight excluding hydrogens is 310 g/mol.